The molecule has 1 heterocycles. The normalized spacial score (nSPS) is 14.1. The van der Waals surface area contributed by atoms with E-state index in [1.807, 2.05) is 30.3 Å². The lowest BCUT2D eigenvalue weighted by molar-refractivity contribution is -0.132. The molecular formula is C21H22Cl2N2O3. The molecule has 0 N–H and O–H groups in total. The van der Waals surface area contributed by atoms with E-state index in [0.717, 1.165) is 5.75 Å². The van der Waals surface area contributed by atoms with Gasteiger partial charge >= 0.3 is 0 Å². The first kappa shape index (κ1) is 20.5. The topological polar surface area (TPSA) is 49.9 Å². The number of benzene rings is 2. The number of hydrogen-bond acceptors (Lipinski definition) is 3. The summed E-state index contributed by atoms with van der Waals surface area (Å²) in [4.78, 5) is 28.5. The van der Waals surface area contributed by atoms with Crippen molar-refractivity contribution in [3.63, 3.8) is 0 Å². The van der Waals surface area contributed by atoms with Gasteiger partial charge in [-0.15, -0.1) is 0 Å². The second-order valence-electron chi connectivity index (χ2n) is 6.56. The molecule has 0 radical (unpaired) electrons. The van der Waals surface area contributed by atoms with Gasteiger partial charge in [-0.25, -0.2) is 0 Å². The molecule has 0 bridgehead atoms. The van der Waals surface area contributed by atoms with Crippen molar-refractivity contribution < 1.29 is 14.3 Å². The highest BCUT2D eigenvalue weighted by atomic mass is 35.5. The lowest BCUT2D eigenvalue weighted by Crippen LogP contribution is -2.50. The van der Waals surface area contributed by atoms with Crippen LogP contribution < -0.4 is 4.74 Å². The SMILES string of the molecule is O=C(CCCOc1ccccc1)N1CCN(C(=O)c2cc(Cl)ccc2Cl)CC1. The molecule has 2 aromatic rings. The highest BCUT2D eigenvalue weighted by Crippen LogP contribution is 2.22. The zero-order valence-electron chi connectivity index (χ0n) is 15.4. The van der Waals surface area contributed by atoms with Gasteiger partial charge in [0.1, 0.15) is 5.75 Å². The fraction of sp³-hybridized carbons (Fsp3) is 0.333. The number of amides is 2. The Hall–Kier alpha value is -2.24. The summed E-state index contributed by atoms with van der Waals surface area (Å²) in [6.07, 6.45) is 1.09. The number of rotatable bonds is 6. The van der Waals surface area contributed by atoms with Crippen LogP contribution in [0.5, 0.6) is 5.75 Å². The van der Waals surface area contributed by atoms with E-state index in [0.29, 0.717) is 61.2 Å². The second-order valence-corrected chi connectivity index (χ2v) is 7.41. The number of nitrogens with zero attached hydrogens (tertiary/aromatic N) is 2. The molecule has 0 saturated carbocycles. The van der Waals surface area contributed by atoms with Crippen molar-refractivity contribution in [2.75, 3.05) is 32.8 Å². The standard InChI is InChI=1S/C21H22Cl2N2O3/c22-16-8-9-19(23)18(15-16)21(27)25-12-10-24(11-13-25)20(26)7-4-14-28-17-5-2-1-3-6-17/h1-3,5-6,8-9,15H,4,7,10-14H2. The Morgan fingerprint density at radius 1 is 0.929 bits per heavy atom. The summed E-state index contributed by atoms with van der Waals surface area (Å²) in [5, 5.41) is 0.852. The lowest BCUT2D eigenvalue weighted by atomic mass is 10.1. The Kier molecular flexibility index (Phi) is 7.18. The average Bonchev–Trinajstić information content (AvgIpc) is 2.73. The molecule has 1 saturated heterocycles. The first-order valence-electron chi connectivity index (χ1n) is 9.24. The minimum Gasteiger partial charge on any atom is -0.494 e. The summed E-state index contributed by atoms with van der Waals surface area (Å²) in [6.45, 7) is 2.49. The highest BCUT2D eigenvalue weighted by Gasteiger charge is 2.25. The van der Waals surface area contributed by atoms with Crippen LogP contribution in [0.2, 0.25) is 10.0 Å². The third-order valence-electron chi connectivity index (χ3n) is 4.63. The molecule has 0 spiro atoms. The van der Waals surface area contributed by atoms with Crippen LogP contribution in [0.4, 0.5) is 0 Å². The quantitative estimate of drug-likeness (QED) is 0.659. The van der Waals surface area contributed by atoms with Gasteiger partial charge in [0.2, 0.25) is 5.91 Å². The van der Waals surface area contributed by atoms with Crippen molar-refractivity contribution in [2.45, 2.75) is 12.8 Å². The van der Waals surface area contributed by atoms with E-state index in [1.165, 1.54) is 0 Å². The maximum Gasteiger partial charge on any atom is 0.255 e. The molecule has 0 unspecified atom stereocenters. The first-order chi connectivity index (χ1) is 13.5. The van der Waals surface area contributed by atoms with Gasteiger partial charge in [0.25, 0.3) is 5.91 Å². The molecule has 2 amide bonds. The summed E-state index contributed by atoms with van der Waals surface area (Å²) < 4.78 is 5.62. The number of ether oxygens (including phenoxy) is 1. The predicted octanol–water partition coefficient (Wildman–Crippen LogP) is 4.14. The highest BCUT2D eigenvalue weighted by molar-refractivity contribution is 6.35. The lowest BCUT2D eigenvalue weighted by Gasteiger charge is -2.35. The summed E-state index contributed by atoms with van der Waals surface area (Å²) in [6, 6.07) is 14.4. The van der Waals surface area contributed by atoms with E-state index in [4.69, 9.17) is 27.9 Å². The molecule has 0 aliphatic carbocycles. The minimum absolute atomic E-state index is 0.0875. The molecule has 0 atom stereocenters. The van der Waals surface area contributed by atoms with E-state index >= 15 is 0 Å². The molecule has 1 aliphatic heterocycles. The Balaban J connectivity index is 1.42. The minimum atomic E-state index is -0.157. The van der Waals surface area contributed by atoms with Crippen LogP contribution in [0.15, 0.2) is 48.5 Å². The average molecular weight is 421 g/mol. The molecule has 1 fully saturated rings. The van der Waals surface area contributed by atoms with Crippen molar-refractivity contribution >= 4 is 35.0 Å². The van der Waals surface area contributed by atoms with Crippen LogP contribution in [-0.2, 0) is 4.79 Å². The monoisotopic (exact) mass is 420 g/mol. The zero-order valence-corrected chi connectivity index (χ0v) is 17.0. The largest absolute Gasteiger partial charge is 0.494 e. The van der Waals surface area contributed by atoms with Gasteiger partial charge in [-0.1, -0.05) is 41.4 Å². The van der Waals surface area contributed by atoms with Gasteiger partial charge in [-0.05, 0) is 36.8 Å². The molecule has 28 heavy (non-hydrogen) atoms. The summed E-state index contributed by atoms with van der Waals surface area (Å²) in [5.74, 6) is 0.738. The summed E-state index contributed by atoms with van der Waals surface area (Å²) in [7, 11) is 0. The third kappa shape index (κ3) is 5.40. The van der Waals surface area contributed by atoms with Crippen LogP contribution in [0.3, 0.4) is 0 Å². The Labute approximate surface area is 174 Å². The van der Waals surface area contributed by atoms with Gasteiger partial charge < -0.3 is 14.5 Å². The molecule has 1 aliphatic rings. The molecule has 148 valence electrons. The van der Waals surface area contributed by atoms with E-state index < -0.39 is 0 Å². The number of carbonyl (C=O) groups is 2. The van der Waals surface area contributed by atoms with Gasteiger partial charge in [-0.3, -0.25) is 9.59 Å². The predicted molar refractivity (Wildman–Crippen MR) is 110 cm³/mol. The van der Waals surface area contributed by atoms with Crippen LogP contribution >= 0.6 is 23.2 Å². The number of halogens is 2. The zero-order chi connectivity index (χ0) is 19.9. The Bertz CT molecular complexity index is 822. The van der Waals surface area contributed by atoms with Crippen molar-refractivity contribution in [3.8, 4) is 5.75 Å². The maximum absolute atomic E-state index is 12.7. The fourth-order valence-corrected chi connectivity index (χ4v) is 3.45. The van der Waals surface area contributed by atoms with Crippen LogP contribution in [0.25, 0.3) is 0 Å². The maximum atomic E-state index is 12.7. The number of carbonyl (C=O) groups excluding carboxylic acids is 2. The van der Waals surface area contributed by atoms with Crippen molar-refractivity contribution in [3.05, 3.63) is 64.1 Å². The molecular weight excluding hydrogens is 399 g/mol. The van der Waals surface area contributed by atoms with E-state index in [-0.39, 0.29) is 11.8 Å². The molecule has 0 aromatic heterocycles. The van der Waals surface area contributed by atoms with Gasteiger partial charge in [0.15, 0.2) is 0 Å². The first-order valence-corrected chi connectivity index (χ1v) is 10.00. The van der Waals surface area contributed by atoms with Gasteiger partial charge in [0, 0.05) is 37.6 Å². The molecule has 2 aromatic carbocycles. The van der Waals surface area contributed by atoms with Crippen molar-refractivity contribution in [1.29, 1.82) is 0 Å². The van der Waals surface area contributed by atoms with Crippen molar-refractivity contribution in [1.82, 2.24) is 9.80 Å². The number of hydrogen-bond donors (Lipinski definition) is 0. The smallest absolute Gasteiger partial charge is 0.255 e. The third-order valence-corrected chi connectivity index (χ3v) is 5.19. The van der Waals surface area contributed by atoms with Crippen LogP contribution in [-0.4, -0.2) is 54.4 Å². The van der Waals surface area contributed by atoms with Gasteiger partial charge in [-0.2, -0.15) is 0 Å². The van der Waals surface area contributed by atoms with Crippen LogP contribution in [0.1, 0.15) is 23.2 Å². The number of para-hydroxylation sites is 1. The van der Waals surface area contributed by atoms with E-state index in [2.05, 4.69) is 0 Å². The van der Waals surface area contributed by atoms with Crippen molar-refractivity contribution in [2.24, 2.45) is 0 Å². The van der Waals surface area contributed by atoms with E-state index in [9.17, 15) is 9.59 Å². The number of piperazine rings is 1. The summed E-state index contributed by atoms with van der Waals surface area (Å²) in [5.41, 5.74) is 0.395. The second kappa shape index (κ2) is 9.80. The molecule has 5 nitrogen and oxygen atoms in total. The van der Waals surface area contributed by atoms with E-state index in [1.54, 1.807) is 28.0 Å². The molecule has 7 heteroatoms. The van der Waals surface area contributed by atoms with Gasteiger partial charge in [0.05, 0.1) is 17.2 Å². The fourth-order valence-electron chi connectivity index (χ4n) is 3.08. The Morgan fingerprint density at radius 3 is 2.32 bits per heavy atom. The molecule has 3 rings (SSSR count). The summed E-state index contributed by atoms with van der Waals surface area (Å²) >= 11 is 12.1. The van der Waals surface area contributed by atoms with Crippen LogP contribution in [0, 0.1) is 0 Å². The Morgan fingerprint density at radius 2 is 1.61 bits per heavy atom.